The van der Waals surface area contributed by atoms with Crippen molar-refractivity contribution in [2.75, 3.05) is 6.54 Å². The molecule has 2 rings (SSSR count). The van der Waals surface area contributed by atoms with Gasteiger partial charge in [0.2, 0.25) is 0 Å². The Balaban J connectivity index is 2.37. The van der Waals surface area contributed by atoms with Crippen LogP contribution in [0.25, 0.3) is 10.2 Å². The number of aromatic nitrogens is 1. The molecule has 0 fully saturated rings. The van der Waals surface area contributed by atoms with E-state index >= 15 is 0 Å². The van der Waals surface area contributed by atoms with Crippen LogP contribution in [0.3, 0.4) is 0 Å². The molecular weight excluding hydrogens is 264 g/mol. The second-order valence-corrected chi connectivity index (χ2v) is 7.28. The Morgan fingerprint density at radius 3 is 2.67 bits per heavy atom. The van der Waals surface area contributed by atoms with Crippen LogP contribution in [-0.2, 0) is 0 Å². The first-order valence-electron chi connectivity index (χ1n) is 6.16. The first-order chi connectivity index (χ1) is 8.40. The van der Waals surface area contributed by atoms with Crippen LogP contribution in [0.4, 0.5) is 0 Å². The highest BCUT2D eigenvalue weighted by atomic mass is 35.5. The van der Waals surface area contributed by atoms with Gasteiger partial charge in [0.1, 0.15) is 0 Å². The molecule has 0 amide bonds. The Labute approximate surface area is 117 Å². The Kier molecular flexibility index (Phi) is 3.95. The summed E-state index contributed by atoms with van der Waals surface area (Å²) in [6, 6.07) is 5.86. The van der Waals surface area contributed by atoms with Gasteiger partial charge in [-0.3, -0.25) is 0 Å². The molecule has 2 N–H and O–H groups in total. The molecule has 4 heteroatoms. The topological polar surface area (TPSA) is 38.9 Å². The number of nitrogens with two attached hydrogens (primary N) is 1. The zero-order valence-corrected chi connectivity index (χ0v) is 12.6. The third-order valence-corrected chi connectivity index (χ3v) is 4.57. The molecule has 0 saturated carbocycles. The van der Waals surface area contributed by atoms with Gasteiger partial charge in [-0.15, -0.1) is 11.3 Å². The summed E-state index contributed by atoms with van der Waals surface area (Å²) in [6.45, 7) is 7.33. The van der Waals surface area contributed by atoms with Gasteiger partial charge in [-0.1, -0.05) is 38.4 Å². The number of thiazole rings is 1. The van der Waals surface area contributed by atoms with Crippen molar-refractivity contribution in [3.63, 3.8) is 0 Å². The van der Waals surface area contributed by atoms with Gasteiger partial charge in [0, 0.05) is 12.5 Å². The Hall–Kier alpha value is -0.640. The number of nitrogens with zero attached hydrogens (tertiary/aromatic N) is 1. The average Bonchev–Trinajstić information content (AvgIpc) is 2.70. The zero-order valence-electron chi connectivity index (χ0n) is 11.0. The molecule has 0 radical (unpaired) electrons. The molecule has 98 valence electrons. The standard InChI is InChI=1S/C14H19ClN2S/c1-14(2,3)7-9(8-16)13-17-11-6-4-5-10(15)12(11)18-13/h4-6,9H,7-8,16H2,1-3H3. The summed E-state index contributed by atoms with van der Waals surface area (Å²) in [6.07, 6.45) is 1.04. The fraction of sp³-hybridized carbons (Fsp3) is 0.500. The zero-order chi connectivity index (χ0) is 13.3. The number of fused-ring (bicyclic) bond motifs is 1. The first kappa shape index (κ1) is 13.8. The van der Waals surface area contributed by atoms with Crippen LogP contribution in [0, 0.1) is 5.41 Å². The molecule has 0 aliphatic rings. The molecular formula is C14H19ClN2S. The second-order valence-electron chi connectivity index (χ2n) is 5.84. The van der Waals surface area contributed by atoms with E-state index in [4.69, 9.17) is 17.3 Å². The lowest BCUT2D eigenvalue weighted by molar-refractivity contribution is 0.341. The molecule has 0 aliphatic heterocycles. The van der Waals surface area contributed by atoms with Crippen LogP contribution in [0.2, 0.25) is 5.02 Å². The van der Waals surface area contributed by atoms with Crippen molar-refractivity contribution in [3.8, 4) is 0 Å². The van der Waals surface area contributed by atoms with E-state index in [9.17, 15) is 0 Å². The van der Waals surface area contributed by atoms with Crippen molar-refractivity contribution >= 4 is 33.2 Å². The predicted molar refractivity (Wildman–Crippen MR) is 80.5 cm³/mol. The number of rotatable bonds is 3. The SMILES string of the molecule is CC(C)(C)CC(CN)c1nc2cccc(Cl)c2s1. The van der Waals surface area contributed by atoms with Gasteiger partial charge in [0.25, 0.3) is 0 Å². The number of hydrogen-bond acceptors (Lipinski definition) is 3. The molecule has 0 spiro atoms. The third-order valence-electron chi connectivity index (χ3n) is 2.88. The summed E-state index contributed by atoms with van der Waals surface area (Å²) in [5.74, 6) is 0.318. The van der Waals surface area contributed by atoms with E-state index in [2.05, 4.69) is 25.8 Å². The fourth-order valence-corrected chi connectivity index (χ4v) is 3.49. The molecule has 1 aromatic carbocycles. The predicted octanol–water partition coefficient (Wildman–Crippen LogP) is 4.43. The molecule has 1 heterocycles. The minimum absolute atomic E-state index is 0.256. The van der Waals surface area contributed by atoms with E-state index in [1.165, 1.54) is 0 Å². The molecule has 18 heavy (non-hydrogen) atoms. The third kappa shape index (κ3) is 3.02. The molecule has 2 aromatic rings. The van der Waals surface area contributed by atoms with Crippen molar-refractivity contribution in [1.29, 1.82) is 0 Å². The summed E-state index contributed by atoms with van der Waals surface area (Å²) in [7, 11) is 0. The van der Waals surface area contributed by atoms with Gasteiger partial charge in [-0.25, -0.2) is 4.98 Å². The molecule has 2 nitrogen and oxygen atoms in total. The summed E-state index contributed by atoms with van der Waals surface area (Å²) < 4.78 is 1.07. The summed E-state index contributed by atoms with van der Waals surface area (Å²) in [5, 5.41) is 1.89. The maximum Gasteiger partial charge on any atom is 0.0982 e. The minimum atomic E-state index is 0.256. The van der Waals surface area contributed by atoms with E-state index in [1.807, 2.05) is 18.2 Å². The van der Waals surface area contributed by atoms with Gasteiger partial charge in [-0.2, -0.15) is 0 Å². The largest absolute Gasteiger partial charge is 0.330 e. The van der Waals surface area contributed by atoms with E-state index in [1.54, 1.807) is 11.3 Å². The quantitative estimate of drug-likeness (QED) is 0.904. The van der Waals surface area contributed by atoms with Crippen molar-refractivity contribution < 1.29 is 0 Å². The lowest BCUT2D eigenvalue weighted by atomic mass is 9.85. The molecule has 1 aromatic heterocycles. The van der Waals surface area contributed by atoms with Crippen LogP contribution in [0.1, 0.15) is 38.1 Å². The summed E-state index contributed by atoms with van der Waals surface area (Å²) in [4.78, 5) is 4.68. The minimum Gasteiger partial charge on any atom is -0.330 e. The highest BCUT2D eigenvalue weighted by molar-refractivity contribution is 7.19. The Bertz CT molecular complexity index is 542. The van der Waals surface area contributed by atoms with Crippen LogP contribution in [0.5, 0.6) is 0 Å². The number of hydrogen-bond donors (Lipinski definition) is 1. The van der Waals surface area contributed by atoms with Gasteiger partial charge in [0.05, 0.1) is 20.2 Å². The van der Waals surface area contributed by atoms with Gasteiger partial charge in [-0.05, 0) is 24.0 Å². The van der Waals surface area contributed by atoms with E-state index < -0.39 is 0 Å². The highest BCUT2D eigenvalue weighted by Crippen LogP contribution is 2.36. The Morgan fingerprint density at radius 1 is 1.39 bits per heavy atom. The first-order valence-corrected chi connectivity index (χ1v) is 7.35. The van der Waals surface area contributed by atoms with Crippen LogP contribution in [-0.4, -0.2) is 11.5 Å². The van der Waals surface area contributed by atoms with Crippen LogP contribution < -0.4 is 5.73 Å². The summed E-state index contributed by atoms with van der Waals surface area (Å²) >= 11 is 7.86. The molecule has 1 unspecified atom stereocenters. The monoisotopic (exact) mass is 282 g/mol. The second kappa shape index (κ2) is 5.16. The van der Waals surface area contributed by atoms with Crippen LogP contribution >= 0.6 is 22.9 Å². The average molecular weight is 283 g/mol. The molecule has 0 saturated heterocycles. The van der Waals surface area contributed by atoms with Crippen molar-refractivity contribution in [3.05, 3.63) is 28.2 Å². The molecule has 0 aliphatic carbocycles. The van der Waals surface area contributed by atoms with E-state index in [0.29, 0.717) is 12.5 Å². The number of halogens is 1. The normalized spacial score (nSPS) is 14.1. The smallest absolute Gasteiger partial charge is 0.0982 e. The maximum atomic E-state index is 6.19. The Morgan fingerprint density at radius 2 is 2.11 bits per heavy atom. The maximum absolute atomic E-state index is 6.19. The fourth-order valence-electron chi connectivity index (χ4n) is 2.12. The van der Waals surface area contributed by atoms with Gasteiger partial charge in [0.15, 0.2) is 0 Å². The van der Waals surface area contributed by atoms with Crippen molar-refractivity contribution in [2.24, 2.45) is 11.1 Å². The van der Waals surface area contributed by atoms with Crippen molar-refractivity contribution in [1.82, 2.24) is 4.98 Å². The van der Waals surface area contributed by atoms with Crippen LogP contribution in [0.15, 0.2) is 18.2 Å². The molecule has 1 atom stereocenters. The van der Waals surface area contributed by atoms with Gasteiger partial charge >= 0.3 is 0 Å². The lowest BCUT2D eigenvalue weighted by Gasteiger charge is -2.23. The highest BCUT2D eigenvalue weighted by Gasteiger charge is 2.22. The van der Waals surface area contributed by atoms with Gasteiger partial charge < -0.3 is 5.73 Å². The molecule has 0 bridgehead atoms. The van der Waals surface area contributed by atoms with E-state index in [0.717, 1.165) is 26.7 Å². The summed E-state index contributed by atoms with van der Waals surface area (Å²) in [5.41, 5.74) is 7.14. The van der Waals surface area contributed by atoms with E-state index in [-0.39, 0.29) is 5.41 Å². The lowest BCUT2D eigenvalue weighted by Crippen LogP contribution is -2.19. The number of benzene rings is 1. The van der Waals surface area contributed by atoms with Crippen molar-refractivity contribution in [2.45, 2.75) is 33.1 Å².